The van der Waals surface area contributed by atoms with E-state index >= 15 is 0 Å². The lowest BCUT2D eigenvalue weighted by Gasteiger charge is -2.10. The van der Waals surface area contributed by atoms with E-state index in [1.165, 1.54) is 0 Å². The molecule has 1 aromatic heterocycles. The van der Waals surface area contributed by atoms with Crippen LogP contribution in [0.25, 0.3) is 0 Å². The Morgan fingerprint density at radius 2 is 1.85 bits per heavy atom. The predicted molar refractivity (Wildman–Crippen MR) is 71.5 cm³/mol. The molecule has 0 unspecified atom stereocenters. The highest BCUT2D eigenvalue weighted by molar-refractivity contribution is 7.97. The van der Waals surface area contributed by atoms with Crippen molar-refractivity contribution in [1.29, 1.82) is 0 Å². The van der Waals surface area contributed by atoms with Gasteiger partial charge < -0.3 is 5.32 Å². The summed E-state index contributed by atoms with van der Waals surface area (Å²) in [5.74, 6) is 0.106. The zero-order valence-corrected chi connectivity index (χ0v) is 11.2. The second-order valence-electron chi connectivity index (χ2n) is 4.01. The molecule has 0 saturated heterocycles. The van der Waals surface area contributed by atoms with E-state index in [1.54, 1.807) is 12.1 Å². The van der Waals surface area contributed by atoms with Gasteiger partial charge in [-0.15, -0.1) is 0 Å². The maximum atomic E-state index is 12.4. The Morgan fingerprint density at radius 3 is 2.35 bits per heavy atom. The maximum Gasteiger partial charge on any atom is 0.419 e. The second-order valence-corrected chi connectivity index (χ2v) is 4.72. The molecule has 2 rings (SSSR count). The van der Waals surface area contributed by atoms with Crippen molar-refractivity contribution in [3.63, 3.8) is 0 Å². The monoisotopic (exact) mass is 300 g/mol. The Labute approximate surface area is 117 Å². The number of nitrogens with one attached hydrogen (secondary N) is 1. The maximum absolute atomic E-state index is 12.4. The number of alkyl halides is 3. The summed E-state index contributed by atoms with van der Waals surface area (Å²) in [7, 11) is 0. The quantitative estimate of drug-likeness (QED) is 0.849. The predicted octanol–water partition coefficient (Wildman–Crippen LogP) is 3.51. The summed E-state index contributed by atoms with van der Waals surface area (Å²) in [5, 5.41) is 8.31. The molecule has 20 heavy (non-hydrogen) atoms. The van der Waals surface area contributed by atoms with Gasteiger partial charge in [-0.05, 0) is 42.6 Å². The molecular weight excluding hydrogens is 289 g/mol. The van der Waals surface area contributed by atoms with Crippen molar-refractivity contribution < 1.29 is 13.2 Å². The van der Waals surface area contributed by atoms with E-state index in [9.17, 15) is 13.2 Å². The summed E-state index contributed by atoms with van der Waals surface area (Å²) >= 11 is 1.12. The van der Waals surface area contributed by atoms with E-state index in [0.29, 0.717) is 5.69 Å². The van der Waals surface area contributed by atoms with Crippen molar-refractivity contribution in [1.82, 2.24) is 9.97 Å². The van der Waals surface area contributed by atoms with Crippen LogP contribution in [-0.2, 0) is 6.18 Å². The van der Waals surface area contributed by atoms with Gasteiger partial charge in [0.05, 0.1) is 5.56 Å². The van der Waals surface area contributed by atoms with Crippen molar-refractivity contribution in [3.8, 4) is 0 Å². The van der Waals surface area contributed by atoms with Crippen molar-refractivity contribution in [2.75, 3.05) is 5.32 Å². The lowest BCUT2D eigenvalue weighted by Crippen LogP contribution is -2.07. The summed E-state index contributed by atoms with van der Waals surface area (Å²) in [4.78, 5) is 8.19. The molecule has 0 saturated carbocycles. The molecule has 2 aromatic rings. The zero-order valence-electron chi connectivity index (χ0n) is 10.4. The largest absolute Gasteiger partial charge is 0.419 e. The van der Waals surface area contributed by atoms with Gasteiger partial charge >= 0.3 is 6.18 Å². The molecule has 0 aliphatic rings. The third-order valence-corrected chi connectivity index (χ3v) is 3.09. The topological polar surface area (TPSA) is 63.8 Å². The fourth-order valence-electron chi connectivity index (χ4n) is 1.51. The molecule has 8 heteroatoms. The number of aromatic nitrogens is 2. The number of nitrogens with two attached hydrogens (primary N) is 1. The minimum absolute atomic E-state index is 0.106. The van der Waals surface area contributed by atoms with Gasteiger partial charge in [-0.3, -0.25) is 5.14 Å². The van der Waals surface area contributed by atoms with Crippen molar-refractivity contribution >= 4 is 23.6 Å². The van der Waals surface area contributed by atoms with Gasteiger partial charge in [0.2, 0.25) is 5.95 Å². The molecule has 0 spiro atoms. The van der Waals surface area contributed by atoms with E-state index in [4.69, 9.17) is 5.14 Å². The summed E-state index contributed by atoms with van der Waals surface area (Å²) in [6.07, 6.45) is -2.95. The Hall–Kier alpha value is -1.80. The molecule has 0 radical (unpaired) electrons. The van der Waals surface area contributed by atoms with Crippen molar-refractivity contribution in [2.24, 2.45) is 5.14 Å². The summed E-state index contributed by atoms with van der Waals surface area (Å²) < 4.78 is 37.1. The molecule has 0 fully saturated rings. The van der Waals surface area contributed by atoms with Crippen LogP contribution in [0.4, 0.5) is 24.8 Å². The number of halogens is 3. The normalized spacial score (nSPS) is 11.4. The number of nitrogens with zero attached hydrogens (tertiary/aromatic N) is 2. The molecule has 0 aliphatic heterocycles. The molecule has 0 atom stereocenters. The summed E-state index contributed by atoms with van der Waals surface area (Å²) in [5.41, 5.74) is 0.723. The van der Waals surface area contributed by atoms with Gasteiger partial charge in [-0.2, -0.15) is 13.2 Å². The molecular formula is C12H11F3N4S. The van der Waals surface area contributed by atoms with Crippen LogP contribution in [0.2, 0.25) is 0 Å². The average Bonchev–Trinajstić information content (AvgIpc) is 2.40. The van der Waals surface area contributed by atoms with Crippen LogP contribution < -0.4 is 10.5 Å². The Bertz CT molecular complexity index is 599. The number of hydrogen-bond acceptors (Lipinski definition) is 5. The van der Waals surface area contributed by atoms with Crippen LogP contribution in [0.1, 0.15) is 11.1 Å². The SMILES string of the molecule is Cc1cc(SN)ccc1Nc1ncc(C(F)(F)F)cn1. The minimum atomic E-state index is -4.44. The van der Waals surface area contributed by atoms with Gasteiger partial charge in [0, 0.05) is 23.0 Å². The fraction of sp³-hybridized carbons (Fsp3) is 0.167. The highest BCUT2D eigenvalue weighted by Crippen LogP contribution is 2.28. The second kappa shape index (κ2) is 5.68. The zero-order chi connectivity index (χ0) is 14.8. The molecule has 4 nitrogen and oxygen atoms in total. The molecule has 0 bridgehead atoms. The summed E-state index contributed by atoms with van der Waals surface area (Å²) in [6, 6.07) is 5.42. The van der Waals surface area contributed by atoms with Crippen molar-refractivity contribution in [3.05, 3.63) is 41.7 Å². The third kappa shape index (κ3) is 3.40. The van der Waals surface area contributed by atoms with Crippen LogP contribution in [-0.4, -0.2) is 9.97 Å². The number of rotatable bonds is 3. The van der Waals surface area contributed by atoms with Gasteiger partial charge in [0.15, 0.2) is 0 Å². The van der Waals surface area contributed by atoms with Crippen LogP contribution in [0.15, 0.2) is 35.5 Å². The van der Waals surface area contributed by atoms with E-state index < -0.39 is 11.7 Å². The van der Waals surface area contributed by atoms with Gasteiger partial charge in [0.25, 0.3) is 0 Å². The van der Waals surface area contributed by atoms with Crippen LogP contribution in [0.5, 0.6) is 0 Å². The fourth-order valence-corrected chi connectivity index (χ4v) is 1.90. The first-order valence-corrected chi connectivity index (χ1v) is 6.42. The van der Waals surface area contributed by atoms with Crippen LogP contribution in [0, 0.1) is 6.92 Å². The highest BCUT2D eigenvalue weighted by Gasteiger charge is 2.31. The molecule has 0 amide bonds. The molecule has 106 valence electrons. The van der Waals surface area contributed by atoms with Gasteiger partial charge in [-0.25, -0.2) is 9.97 Å². The molecule has 1 heterocycles. The van der Waals surface area contributed by atoms with Crippen molar-refractivity contribution in [2.45, 2.75) is 18.0 Å². The molecule has 3 N–H and O–H groups in total. The standard InChI is InChI=1S/C12H11F3N4S/c1-7-4-9(20-16)2-3-10(7)19-11-17-5-8(6-18-11)12(13,14)15/h2-6H,16H2,1H3,(H,17,18,19). The summed E-state index contributed by atoms with van der Waals surface area (Å²) in [6.45, 7) is 1.85. The lowest BCUT2D eigenvalue weighted by molar-refractivity contribution is -0.138. The lowest BCUT2D eigenvalue weighted by atomic mass is 10.2. The number of aryl methyl sites for hydroxylation is 1. The first-order valence-electron chi connectivity index (χ1n) is 5.54. The molecule has 0 aliphatic carbocycles. The Kier molecular flexibility index (Phi) is 4.15. The van der Waals surface area contributed by atoms with E-state index in [-0.39, 0.29) is 5.95 Å². The Balaban J connectivity index is 2.18. The van der Waals surface area contributed by atoms with E-state index in [0.717, 1.165) is 34.8 Å². The number of hydrogen-bond donors (Lipinski definition) is 2. The van der Waals surface area contributed by atoms with E-state index in [2.05, 4.69) is 15.3 Å². The molecule has 1 aromatic carbocycles. The smallest absolute Gasteiger partial charge is 0.324 e. The van der Waals surface area contributed by atoms with Gasteiger partial charge in [-0.1, -0.05) is 0 Å². The first-order chi connectivity index (χ1) is 9.40. The number of anilines is 2. The minimum Gasteiger partial charge on any atom is -0.324 e. The highest BCUT2D eigenvalue weighted by atomic mass is 32.2. The third-order valence-electron chi connectivity index (χ3n) is 2.56. The van der Waals surface area contributed by atoms with Gasteiger partial charge in [0.1, 0.15) is 0 Å². The number of benzene rings is 1. The first kappa shape index (κ1) is 14.6. The van der Waals surface area contributed by atoms with E-state index in [1.807, 2.05) is 13.0 Å². The van der Waals surface area contributed by atoms with Crippen LogP contribution in [0.3, 0.4) is 0 Å². The average molecular weight is 300 g/mol. The Morgan fingerprint density at radius 1 is 1.20 bits per heavy atom. The van der Waals surface area contributed by atoms with Crippen LogP contribution >= 0.6 is 11.9 Å².